The van der Waals surface area contributed by atoms with Gasteiger partial charge in [-0.2, -0.15) is 0 Å². The molecule has 2 amide bonds. The predicted octanol–water partition coefficient (Wildman–Crippen LogP) is 3.78. The number of rotatable bonds is 4. The molecule has 1 unspecified atom stereocenters. The highest BCUT2D eigenvalue weighted by Crippen LogP contribution is 2.20. The number of benzene rings is 3. The molecule has 0 spiro atoms. The highest BCUT2D eigenvalue weighted by molar-refractivity contribution is 5.86. The molecule has 0 saturated heterocycles. The number of carbonyl (C=O) groups excluding carboxylic acids is 1. The highest BCUT2D eigenvalue weighted by Gasteiger charge is 2.19. The summed E-state index contributed by atoms with van der Waals surface area (Å²) in [6.45, 7) is 1.62. The third kappa shape index (κ3) is 3.70. The lowest BCUT2D eigenvalue weighted by Gasteiger charge is -2.25. The number of ether oxygens (including phenoxy) is 1. The molecular weight excluding hydrogens is 324 g/mol. The average molecular weight is 346 g/mol. The number of urea groups is 1. The molecule has 0 aliphatic carbocycles. The Kier molecular flexibility index (Phi) is 4.84. The molecule has 1 aliphatic rings. The van der Waals surface area contributed by atoms with E-state index in [0.717, 1.165) is 12.0 Å². The van der Waals surface area contributed by atoms with Crippen molar-refractivity contribution >= 4 is 16.8 Å². The first kappa shape index (κ1) is 16.6. The van der Waals surface area contributed by atoms with E-state index in [0.29, 0.717) is 19.7 Å². The zero-order chi connectivity index (χ0) is 17.8. The second kappa shape index (κ2) is 7.58. The smallest absolute Gasteiger partial charge is 0.315 e. The van der Waals surface area contributed by atoms with E-state index in [1.165, 1.54) is 21.9 Å². The minimum atomic E-state index is -0.166. The van der Waals surface area contributed by atoms with Crippen molar-refractivity contribution in [2.45, 2.75) is 25.7 Å². The summed E-state index contributed by atoms with van der Waals surface area (Å²) in [5.41, 5.74) is 3.66. The van der Waals surface area contributed by atoms with Crippen LogP contribution < -0.4 is 10.6 Å². The third-order valence-electron chi connectivity index (χ3n) is 4.85. The monoisotopic (exact) mass is 346 g/mol. The largest absolute Gasteiger partial charge is 0.371 e. The van der Waals surface area contributed by atoms with Gasteiger partial charge in [-0.3, -0.25) is 0 Å². The third-order valence-corrected chi connectivity index (χ3v) is 4.85. The van der Waals surface area contributed by atoms with Gasteiger partial charge in [-0.15, -0.1) is 0 Å². The topological polar surface area (TPSA) is 50.4 Å². The molecule has 4 rings (SSSR count). The molecule has 0 fully saturated rings. The second-order valence-corrected chi connectivity index (χ2v) is 6.61. The van der Waals surface area contributed by atoms with Crippen molar-refractivity contribution in [2.75, 3.05) is 6.54 Å². The lowest BCUT2D eigenvalue weighted by atomic mass is 9.99. The van der Waals surface area contributed by atoms with Crippen LogP contribution in [0.3, 0.4) is 0 Å². The molecule has 3 aromatic rings. The van der Waals surface area contributed by atoms with E-state index in [1.807, 2.05) is 36.4 Å². The highest BCUT2D eigenvalue weighted by atomic mass is 16.5. The molecule has 2 N–H and O–H groups in total. The first-order valence-corrected chi connectivity index (χ1v) is 8.96. The van der Waals surface area contributed by atoms with E-state index in [2.05, 4.69) is 41.0 Å². The Morgan fingerprint density at radius 3 is 2.62 bits per heavy atom. The normalized spacial score (nSPS) is 16.1. The first-order chi connectivity index (χ1) is 12.8. The Labute approximate surface area is 153 Å². The summed E-state index contributed by atoms with van der Waals surface area (Å²) in [4.78, 5) is 12.2. The Morgan fingerprint density at radius 1 is 0.923 bits per heavy atom. The molecule has 1 aliphatic heterocycles. The average Bonchev–Trinajstić information content (AvgIpc) is 2.70. The van der Waals surface area contributed by atoms with E-state index in [-0.39, 0.29) is 12.1 Å². The van der Waals surface area contributed by atoms with Crippen LogP contribution in [0.2, 0.25) is 0 Å². The van der Waals surface area contributed by atoms with Crippen molar-refractivity contribution in [3.63, 3.8) is 0 Å². The maximum absolute atomic E-state index is 12.2. The molecular formula is C22H22N2O2. The number of fused-ring (bicyclic) bond motifs is 2. The number of hydrogen-bond acceptors (Lipinski definition) is 2. The summed E-state index contributed by atoms with van der Waals surface area (Å²) < 4.78 is 5.83. The van der Waals surface area contributed by atoms with Crippen LogP contribution in [0.15, 0.2) is 66.7 Å². The zero-order valence-corrected chi connectivity index (χ0v) is 14.6. The number of hydrogen-bond donors (Lipinski definition) is 2. The molecule has 0 radical (unpaired) electrons. The van der Waals surface area contributed by atoms with E-state index in [9.17, 15) is 4.79 Å². The Balaban J connectivity index is 1.30. The quantitative estimate of drug-likeness (QED) is 0.755. The van der Waals surface area contributed by atoms with Crippen LogP contribution in [0.25, 0.3) is 10.8 Å². The van der Waals surface area contributed by atoms with Crippen LogP contribution in [0, 0.1) is 0 Å². The fourth-order valence-corrected chi connectivity index (χ4v) is 3.43. The molecule has 4 heteroatoms. The SMILES string of the molecule is O=C(NCc1cccc2ccccc12)NCC1Cc2ccccc2CO1. The van der Waals surface area contributed by atoms with Gasteiger partial charge in [-0.05, 0) is 27.5 Å². The van der Waals surface area contributed by atoms with Gasteiger partial charge >= 0.3 is 6.03 Å². The van der Waals surface area contributed by atoms with Gasteiger partial charge in [0.2, 0.25) is 0 Å². The molecule has 132 valence electrons. The summed E-state index contributed by atoms with van der Waals surface area (Å²) in [7, 11) is 0. The van der Waals surface area contributed by atoms with Crippen LogP contribution in [-0.4, -0.2) is 18.7 Å². The number of carbonyl (C=O) groups is 1. The number of amides is 2. The van der Waals surface area contributed by atoms with E-state index in [4.69, 9.17) is 4.74 Å². The summed E-state index contributed by atoms with van der Waals surface area (Å²) in [5, 5.41) is 8.22. The van der Waals surface area contributed by atoms with Gasteiger partial charge in [0.05, 0.1) is 12.7 Å². The first-order valence-electron chi connectivity index (χ1n) is 8.96. The van der Waals surface area contributed by atoms with E-state index in [1.54, 1.807) is 0 Å². The Hall–Kier alpha value is -2.85. The van der Waals surface area contributed by atoms with E-state index >= 15 is 0 Å². The maximum Gasteiger partial charge on any atom is 0.315 e. The van der Waals surface area contributed by atoms with Crippen LogP contribution in [0.5, 0.6) is 0 Å². The summed E-state index contributed by atoms with van der Waals surface area (Å²) in [6.07, 6.45) is 0.855. The Morgan fingerprint density at radius 2 is 1.69 bits per heavy atom. The van der Waals surface area contributed by atoms with Gasteiger partial charge in [0.1, 0.15) is 0 Å². The van der Waals surface area contributed by atoms with Gasteiger partial charge in [0.15, 0.2) is 0 Å². The van der Waals surface area contributed by atoms with Crippen molar-refractivity contribution < 1.29 is 9.53 Å². The Bertz CT molecular complexity index is 917. The summed E-state index contributed by atoms with van der Waals surface area (Å²) in [6, 6.07) is 22.5. The van der Waals surface area contributed by atoms with Crippen LogP contribution in [0.4, 0.5) is 4.79 Å². The summed E-state index contributed by atoms with van der Waals surface area (Å²) >= 11 is 0. The van der Waals surface area contributed by atoms with Crippen LogP contribution in [0.1, 0.15) is 16.7 Å². The fraction of sp³-hybridized carbons (Fsp3) is 0.227. The summed E-state index contributed by atoms with van der Waals surface area (Å²) in [5.74, 6) is 0. The van der Waals surface area contributed by atoms with Gasteiger partial charge in [0.25, 0.3) is 0 Å². The molecule has 3 aromatic carbocycles. The molecule has 26 heavy (non-hydrogen) atoms. The van der Waals surface area contributed by atoms with Crippen molar-refractivity contribution in [1.82, 2.24) is 10.6 Å². The fourth-order valence-electron chi connectivity index (χ4n) is 3.43. The number of nitrogens with one attached hydrogen (secondary N) is 2. The van der Waals surface area contributed by atoms with Crippen LogP contribution >= 0.6 is 0 Å². The minimum absolute atomic E-state index is 0.0215. The van der Waals surface area contributed by atoms with Gasteiger partial charge in [-0.1, -0.05) is 66.7 Å². The van der Waals surface area contributed by atoms with Crippen molar-refractivity contribution in [1.29, 1.82) is 0 Å². The van der Waals surface area contributed by atoms with Gasteiger partial charge < -0.3 is 15.4 Å². The molecule has 1 heterocycles. The lowest BCUT2D eigenvalue weighted by Crippen LogP contribution is -2.41. The molecule has 4 nitrogen and oxygen atoms in total. The molecule has 1 atom stereocenters. The van der Waals surface area contributed by atoms with E-state index < -0.39 is 0 Å². The van der Waals surface area contributed by atoms with Crippen molar-refractivity contribution in [3.05, 3.63) is 83.4 Å². The molecule has 0 saturated carbocycles. The molecule has 0 bridgehead atoms. The second-order valence-electron chi connectivity index (χ2n) is 6.61. The van der Waals surface area contributed by atoms with Crippen LogP contribution in [-0.2, 0) is 24.3 Å². The molecule has 0 aromatic heterocycles. The minimum Gasteiger partial charge on any atom is -0.371 e. The maximum atomic E-state index is 12.2. The van der Waals surface area contributed by atoms with Crippen molar-refractivity contribution in [3.8, 4) is 0 Å². The van der Waals surface area contributed by atoms with Crippen molar-refractivity contribution in [2.24, 2.45) is 0 Å². The standard InChI is InChI=1S/C22H22N2O2/c25-22(23-13-18-10-5-9-16-6-3-4-11-21(16)18)24-14-20-12-17-7-1-2-8-19(17)15-26-20/h1-11,20H,12-15H2,(H2,23,24,25). The zero-order valence-electron chi connectivity index (χ0n) is 14.6. The van der Waals surface area contributed by atoms with Gasteiger partial charge in [0, 0.05) is 19.5 Å². The lowest BCUT2D eigenvalue weighted by molar-refractivity contribution is 0.0305. The predicted molar refractivity (Wildman–Crippen MR) is 103 cm³/mol. The van der Waals surface area contributed by atoms with Gasteiger partial charge in [-0.25, -0.2) is 4.79 Å².